The highest BCUT2D eigenvalue weighted by atomic mass is 35.5. The van der Waals surface area contributed by atoms with Gasteiger partial charge in [0.2, 0.25) is 5.91 Å². The van der Waals surface area contributed by atoms with Crippen molar-refractivity contribution in [3.63, 3.8) is 0 Å². The first-order valence-corrected chi connectivity index (χ1v) is 16.4. The van der Waals surface area contributed by atoms with Crippen LogP contribution >= 0.6 is 71.4 Å². The summed E-state index contributed by atoms with van der Waals surface area (Å²) >= 11 is 7.11. The van der Waals surface area contributed by atoms with Crippen LogP contribution in [0.15, 0.2) is 44.6 Å². The van der Waals surface area contributed by atoms with Crippen LogP contribution in [0.1, 0.15) is 33.4 Å². The minimum atomic E-state index is 0. The van der Waals surface area contributed by atoms with Gasteiger partial charge in [0.15, 0.2) is 4.34 Å². The number of rotatable bonds is 11. The van der Waals surface area contributed by atoms with E-state index in [0.29, 0.717) is 17.0 Å². The Kier molecular flexibility index (Phi) is 14.7. The monoisotopic (exact) mass is 647 g/mol. The second-order valence-corrected chi connectivity index (χ2v) is 15.3. The molecular weight excluding hydrogens is 610 g/mol. The van der Waals surface area contributed by atoms with Gasteiger partial charge in [-0.2, -0.15) is 0 Å². The predicted octanol–water partition coefficient (Wildman–Crippen LogP) is 7.19. The number of piperazine rings is 1. The Bertz CT molecular complexity index is 1140. The SMILES string of the molecule is Cc1cc(SC(C)C)c(NC(=O)CN2CCN(CCSc3nc4ccccc4s3)CC2)c(SC(C)C)n1.Cl.Cl. The summed E-state index contributed by atoms with van der Waals surface area (Å²) in [4.78, 5) is 28.5. The zero-order valence-electron chi connectivity index (χ0n) is 23.1. The molecule has 3 aromatic rings. The first-order chi connectivity index (χ1) is 17.8. The Labute approximate surface area is 262 Å². The van der Waals surface area contributed by atoms with E-state index in [4.69, 9.17) is 9.97 Å². The van der Waals surface area contributed by atoms with Crippen LogP contribution in [-0.2, 0) is 4.79 Å². The number of amides is 1. The highest BCUT2D eigenvalue weighted by molar-refractivity contribution is 8.01. The fraction of sp³-hybridized carbons (Fsp3) is 0.519. The highest BCUT2D eigenvalue weighted by Gasteiger charge is 2.22. The lowest BCUT2D eigenvalue weighted by Crippen LogP contribution is -2.49. The normalized spacial score (nSPS) is 14.4. The van der Waals surface area contributed by atoms with Crippen molar-refractivity contribution in [2.24, 2.45) is 0 Å². The van der Waals surface area contributed by atoms with Crippen molar-refractivity contribution in [1.29, 1.82) is 0 Å². The number of thiazole rings is 1. The van der Waals surface area contributed by atoms with E-state index in [1.165, 1.54) is 4.70 Å². The maximum Gasteiger partial charge on any atom is 0.238 e. The van der Waals surface area contributed by atoms with Gasteiger partial charge < -0.3 is 5.32 Å². The molecule has 0 radical (unpaired) electrons. The van der Waals surface area contributed by atoms with Crippen molar-refractivity contribution >= 4 is 93.2 Å². The molecule has 6 nitrogen and oxygen atoms in total. The number of halogens is 2. The summed E-state index contributed by atoms with van der Waals surface area (Å²) in [6.07, 6.45) is 0. The van der Waals surface area contributed by atoms with E-state index >= 15 is 0 Å². The molecule has 1 N–H and O–H groups in total. The summed E-state index contributed by atoms with van der Waals surface area (Å²) in [5, 5.41) is 4.97. The summed E-state index contributed by atoms with van der Waals surface area (Å²) < 4.78 is 2.40. The molecule has 0 bridgehead atoms. The molecule has 1 amide bonds. The van der Waals surface area contributed by atoms with Gasteiger partial charge in [-0.05, 0) is 25.1 Å². The number of benzene rings is 1. The molecule has 216 valence electrons. The molecule has 2 aromatic heterocycles. The van der Waals surface area contributed by atoms with Crippen LogP contribution in [-0.4, -0.2) is 81.2 Å². The molecule has 39 heavy (non-hydrogen) atoms. The number of nitrogens with one attached hydrogen (secondary N) is 1. The molecule has 0 unspecified atom stereocenters. The summed E-state index contributed by atoms with van der Waals surface area (Å²) in [6, 6.07) is 10.4. The molecule has 0 saturated carbocycles. The van der Waals surface area contributed by atoms with E-state index in [0.717, 1.165) is 69.6 Å². The number of aryl methyl sites for hydroxylation is 1. The van der Waals surface area contributed by atoms with Gasteiger partial charge in [-0.1, -0.05) is 51.6 Å². The summed E-state index contributed by atoms with van der Waals surface area (Å²) in [5.74, 6) is 1.08. The Morgan fingerprint density at radius 3 is 2.33 bits per heavy atom. The molecule has 1 aromatic carbocycles. The maximum absolute atomic E-state index is 13.1. The Hall–Kier alpha value is -0.720. The molecule has 4 rings (SSSR count). The largest absolute Gasteiger partial charge is 0.322 e. The number of hydrogen-bond acceptors (Lipinski definition) is 9. The predicted molar refractivity (Wildman–Crippen MR) is 177 cm³/mol. The van der Waals surface area contributed by atoms with Crippen molar-refractivity contribution in [3.05, 3.63) is 36.0 Å². The third-order valence-electron chi connectivity index (χ3n) is 5.79. The number of anilines is 1. The zero-order chi connectivity index (χ0) is 26.4. The Morgan fingerprint density at radius 2 is 1.67 bits per heavy atom. The van der Waals surface area contributed by atoms with Crippen LogP contribution < -0.4 is 5.32 Å². The van der Waals surface area contributed by atoms with Gasteiger partial charge in [0.05, 0.1) is 22.4 Å². The van der Waals surface area contributed by atoms with Crippen LogP contribution in [0.4, 0.5) is 5.69 Å². The number of fused-ring (bicyclic) bond motifs is 1. The Balaban J connectivity index is 0.00000267. The molecule has 1 fully saturated rings. The van der Waals surface area contributed by atoms with Gasteiger partial charge in [0.1, 0.15) is 5.03 Å². The number of para-hydroxylation sites is 1. The van der Waals surface area contributed by atoms with Crippen molar-refractivity contribution < 1.29 is 4.79 Å². The first-order valence-electron chi connectivity index (χ1n) is 12.8. The molecule has 0 atom stereocenters. The van der Waals surface area contributed by atoms with Crippen LogP contribution in [0.5, 0.6) is 0 Å². The smallest absolute Gasteiger partial charge is 0.238 e. The van der Waals surface area contributed by atoms with E-state index in [1.807, 2.05) is 24.8 Å². The number of pyridine rings is 1. The van der Waals surface area contributed by atoms with Crippen molar-refractivity contribution in [1.82, 2.24) is 19.8 Å². The quantitative estimate of drug-likeness (QED) is 0.219. The lowest BCUT2D eigenvalue weighted by atomic mass is 10.3. The van der Waals surface area contributed by atoms with Gasteiger partial charge >= 0.3 is 0 Å². The topological polar surface area (TPSA) is 61.4 Å². The van der Waals surface area contributed by atoms with Gasteiger partial charge in [0.25, 0.3) is 0 Å². The van der Waals surface area contributed by atoms with E-state index in [1.54, 1.807) is 34.9 Å². The average Bonchev–Trinajstić information content (AvgIpc) is 3.24. The van der Waals surface area contributed by atoms with Crippen molar-refractivity contribution in [3.8, 4) is 0 Å². The van der Waals surface area contributed by atoms with Crippen LogP contribution in [0.25, 0.3) is 10.2 Å². The number of thioether (sulfide) groups is 3. The summed E-state index contributed by atoms with van der Waals surface area (Å²) in [5.41, 5.74) is 2.95. The minimum Gasteiger partial charge on any atom is -0.322 e. The van der Waals surface area contributed by atoms with Gasteiger partial charge in [-0.15, -0.1) is 59.7 Å². The number of carbonyl (C=O) groups excluding carboxylic acids is 1. The third kappa shape index (κ3) is 10.6. The van der Waals surface area contributed by atoms with Crippen LogP contribution in [0.2, 0.25) is 0 Å². The molecule has 0 aliphatic carbocycles. The van der Waals surface area contributed by atoms with Gasteiger partial charge in [0, 0.05) is 59.6 Å². The van der Waals surface area contributed by atoms with Crippen LogP contribution in [0.3, 0.4) is 0 Å². The van der Waals surface area contributed by atoms with E-state index in [2.05, 4.69) is 67.1 Å². The average molecular weight is 649 g/mol. The van der Waals surface area contributed by atoms with Crippen molar-refractivity contribution in [2.75, 3.05) is 50.3 Å². The fourth-order valence-corrected chi connectivity index (χ4v) is 8.25. The molecule has 0 spiro atoms. The lowest BCUT2D eigenvalue weighted by molar-refractivity contribution is -0.117. The second-order valence-electron chi connectivity index (χ2n) is 9.74. The highest BCUT2D eigenvalue weighted by Crippen LogP contribution is 2.38. The van der Waals surface area contributed by atoms with E-state index < -0.39 is 0 Å². The summed E-state index contributed by atoms with van der Waals surface area (Å²) in [7, 11) is 0. The number of nitrogens with zero attached hydrogens (tertiary/aromatic N) is 4. The molecule has 3 heterocycles. The number of aromatic nitrogens is 2. The molecule has 1 saturated heterocycles. The summed E-state index contributed by atoms with van der Waals surface area (Å²) in [6.45, 7) is 16.0. The zero-order valence-corrected chi connectivity index (χ0v) is 28.0. The Morgan fingerprint density at radius 1 is 1.00 bits per heavy atom. The van der Waals surface area contributed by atoms with Gasteiger partial charge in [-0.3, -0.25) is 14.6 Å². The van der Waals surface area contributed by atoms with Gasteiger partial charge in [-0.25, -0.2) is 9.97 Å². The third-order valence-corrected chi connectivity index (χ3v) is 9.99. The molecule has 1 aliphatic rings. The van der Waals surface area contributed by atoms with Crippen LogP contribution in [0, 0.1) is 6.92 Å². The van der Waals surface area contributed by atoms with E-state index in [9.17, 15) is 4.79 Å². The fourth-order valence-electron chi connectivity index (χ4n) is 4.11. The standard InChI is InChI=1S/C27H37N5OS4.2ClH/c1-18(2)35-23-16-20(5)28-26(36-19(3)4)25(23)30-24(33)17-32-12-10-31(11-13-32)14-15-34-27-29-21-8-6-7-9-22(21)37-27;;/h6-9,16,18-19H,10-15,17H2,1-5H3,(H,30,33);2*1H. The maximum atomic E-state index is 13.1. The van der Waals surface area contributed by atoms with Crippen molar-refractivity contribution in [2.45, 2.75) is 59.4 Å². The minimum absolute atomic E-state index is 0. The molecule has 12 heteroatoms. The van der Waals surface area contributed by atoms with E-state index in [-0.39, 0.29) is 30.7 Å². The lowest BCUT2D eigenvalue weighted by Gasteiger charge is -2.34. The number of carbonyl (C=O) groups is 1. The number of hydrogen-bond donors (Lipinski definition) is 1. The first kappa shape index (κ1) is 34.5. The molecule has 1 aliphatic heterocycles. The second kappa shape index (κ2) is 16.7. The molecular formula is C27H39Cl2N5OS4.